The van der Waals surface area contributed by atoms with Crippen LogP contribution in [0.25, 0.3) is 0 Å². The van der Waals surface area contributed by atoms with Gasteiger partial charge in [0, 0.05) is 29.8 Å². The molecule has 1 saturated carbocycles. The number of hydrogen-bond donors (Lipinski definition) is 4. The molecule has 4 atom stereocenters. The van der Waals surface area contributed by atoms with Crippen LogP contribution in [0.5, 0.6) is 5.75 Å². The van der Waals surface area contributed by atoms with Crippen molar-refractivity contribution in [3.05, 3.63) is 59.7 Å². The smallest absolute Gasteiger partial charge is 0.319 e. The minimum absolute atomic E-state index is 0.0207. The van der Waals surface area contributed by atoms with Crippen molar-refractivity contribution in [3.63, 3.8) is 0 Å². The molecule has 8 nitrogen and oxygen atoms in total. The summed E-state index contributed by atoms with van der Waals surface area (Å²) in [4.78, 5) is 25.1. The fraction of sp³-hybridized carbons (Fsp3) is 0.500. The van der Waals surface area contributed by atoms with Crippen LogP contribution in [0.3, 0.4) is 0 Å². The number of carbonyl (C=O) groups excluding carboxylic acids is 2. The van der Waals surface area contributed by atoms with Gasteiger partial charge in [0.05, 0.1) is 19.1 Å². The Kier molecular flexibility index (Phi) is 7.72. The Bertz CT molecular complexity index is 1060. The molecule has 0 aromatic heterocycles. The van der Waals surface area contributed by atoms with Crippen molar-refractivity contribution < 1.29 is 24.2 Å². The Hall–Kier alpha value is -3.10. The molecule has 0 radical (unpaired) electrons. The van der Waals surface area contributed by atoms with E-state index in [2.05, 4.69) is 16.0 Å². The maximum absolute atomic E-state index is 12.6. The molecule has 36 heavy (non-hydrogen) atoms. The number of rotatable bonds is 8. The van der Waals surface area contributed by atoms with E-state index in [4.69, 9.17) is 9.47 Å². The van der Waals surface area contributed by atoms with Crippen LogP contribution in [0.1, 0.15) is 55.6 Å². The van der Waals surface area contributed by atoms with Gasteiger partial charge in [-0.1, -0.05) is 43.2 Å². The minimum atomic E-state index is -0.514. The van der Waals surface area contributed by atoms with Crippen LogP contribution in [0.2, 0.25) is 0 Å². The van der Waals surface area contributed by atoms with Gasteiger partial charge in [-0.2, -0.15) is 0 Å². The number of nitrogens with one attached hydrogen (secondary N) is 3. The molecule has 2 aromatic rings. The van der Waals surface area contributed by atoms with Crippen molar-refractivity contribution in [2.45, 2.75) is 75.2 Å². The van der Waals surface area contributed by atoms with Gasteiger partial charge in [0.2, 0.25) is 5.91 Å². The number of anilines is 1. The fourth-order valence-electron chi connectivity index (χ4n) is 5.66. The summed E-state index contributed by atoms with van der Waals surface area (Å²) in [6.07, 6.45) is 4.83. The molecule has 4 N–H and O–H groups in total. The lowest BCUT2D eigenvalue weighted by Crippen LogP contribution is -2.47. The fourth-order valence-corrected chi connectivity index (χ4v) is 5.66. The van der Waals surface area contributed by atoms with E-state index in [1.807, 2.05) is 48.5 Å². The highest BCUT2D eigenvalue weighted by atomic mass is 16.6. The molecule has 8 heteroatoms. The summed E-state index contributed by atoms with van der Waals surface area (Å²) in [5.41, 5.74) is 2.86. The minimum Gasteiger partial charge on any atom is -0.487 e. The zero-order valence-corrected chi connectivity index (χ0v) is 20.4. The molecule has 0 spiro atoms. The van der Waals surface area contributed by atoms with Crippen LogP contribution in [-0.4, -0.2) is 54.6 Å². The number of ether oxygens (including phenoxy) is 2. The molecule has 1 aliphatic carbocycles. The van der Waals surface area contributed by atoms with E-state index in [9.17, 15) is 14.7 Å². The predicted molar refractivity (Wildman–Crippen MR) is 136 cm³/mol. The van der Waals surface area contributed by atoms with E-state index < -0.39 is 6.10 Å². The second kappa shape index (κ2) is 11.3. The third-order valence-corrected chi connectivity index (χ3v) is 7.44. The molecular weight excluding hydrogens is 458 g/mol. The van der Waals surface area contributed by atoms with Gasteiger partial charge in [0.1, 0.15) is 18.0 Å². The number of aliphatic hydroxyl groups is 1. The quantitative estimate of drug-likeness (QED) is 0.450. The number of fused-ring (bicyclic) bond motifs is 3. The first kappa shape index (κ1) is 24.6. The SMILES string of the molecule is O=C(C[C@@H]1C[C@@H]2c3cc(NC(=O)NC4CCCC4)ccc3O[C@@H]2[C@H](CO)O1)NCCc1ccccc1. The number of urea groups is 1. The molecule has 192 valence electrons. The van der Waals surface area contributed by atoms with Gasteiger partial charge in [-0.05, 0) is 49.4 Å². The van der Waals surface area contributed by atoms with Gasteiger partial charge < -0.3 is 30.5 Å². The molecule has 2 aliphatic heterocycles. The molecule has 2 aromatic carbocycles. The second-order valence-corrected chi connectivity index (χ2v) is 10.0. The standard InChI is InChI=1S/C28H35N3O5/c32-17-25-27-23(15-21(35-25)16-26(33)29-13-12-18-6-2-1-3-7-18)22-14-20(10-11-24(22)36-27)31-28(34)30-19-8-4-5-9-19/h1-3,6-7,10-11,14,19,21,23,25,27,32H,4-5,8-9,12-13,15-17H2,(H,29,33)(H2,30,31,34)/t21-,23+,25-,27-/m0/s1. The zero-order chi connectivity index (χ0) is 24.9. The van der Waals surface area contributed by atoms with Gasteiger partial charge >= 0.3 is 6.03 Å². The van der Waals surface area contributed by atoms with Crippen molar-refractivity contribution >= 4 is 17.6 Å². The highest BCUT2D eigenvalue weighted by Gasteiger charge is 2.46. The summed E-state index contributed by atoms with van der Waals surface area (Å²) >= 11 is 0. The number of carbonyl (C=O) groups is 2. The van der Waals surface area contributed by atoms with Crippen molar-refractivity contribution in [1.82, 2.24) is 10.6 Å². The number of hydrogen-bond acceptors (Lipinski definition) is 5. The van der Waals surface area contributed by atoms with Crippen LogP contribution in [0.4, 0.5) is 10.5 Å². The lowest BCUT2D eigenvalue weighted by molar-refractivity contribution is -0.142. The molecular formula is C28H35N3O5. The maximum atomic E-state index is 12.6. The van der Waals surface area contributed by atoms with Gasteiger partial charge in [-0.15, -0.1) is 0 Å². The zero-order valence-electron chi connectivity index (χ0n) is 20.4. The van der Waals surface area contributed by atoms with Crippen LogP contribution in [0, 0.1) is 0 Å². The molecule has 3 aliphatic rings. The molecule has 0 bridgehead atoms. The lowest BCUT2D eigenvalue weighted by Gasteiger charge is -2.37. The first-order chi connectivity index (χ1) is 17.6. The van der Waals surface area contributed by atoms with Gasteiger partial charge in [-0.3, -0.25) is 4.79 Å². The monoisotopic (exact) mass is 493 g/mol. The van der Waals surface area contributed by atoms with Gasteiger partial charge in [0.15, 0.2) is 0 Å². The summed E-state index contributed by atoms with van der Waals surface area (Å²) in [6.45, 7) is 0.380. The average Bonchev–Trinajstić information content (AvgIpc) is 3.52. The highest BCUT2D eigenvalue weighted by molar-refractivity contribution is 5.89. The summed E-state index contributed by atoms with van der Waals surface area (Å²) in [7, 11) is 0. The number of aliphatic hydroxyl groups excluding tert-OH is 1. The summed E-state index contributed by atoms with van der Waals surface area (Å²) in [5.74, 6) is 0.652. The first-order valence-corrected chi connectivity index (χ1v) is 13.0. The van der Waals surface area contributed by atoms with E-state index in [0.717, 1.165) is 43.4 Å². The van der Waals surface area contributed by atoms with Crippen molar-refractivity contribution in [2.24, 2.45) is 0 Å². The third kappa shape index (κ3) is 5.82. The second-order valence-electron chi connectivity index (χ2n) is 10.0. The molecule has 5 rings (SSSR count). The third-order valence-electron chi connectivity index (χ3n) is 7.44. The molecule has 2 fully saturated rings. The van der Waals surface area contributed by atoms with E-state index in [0.29, 0.717) is 18.7 Å². The van der Waals surface area contributed by atoms with Crippen molar-refractivity contribution in [2.75, 3.05) is 18.5 Å². The molecule has 1 saturated heterocycles. The van der Waals surface area contributed by atoms with Crippen LogP contribution < -0.4 is 20.7 Å². The van der Waals surface area contributed by atoms with Gasteiger partial charge in [0.25, 0.3) is 0 Å². The number of benzene rings is 2. The Morgan fingerprint density at radius 1 is 1.06 bits per heavy atom. The number of amides is 3. The van der Waals surface area contributed by atoms with Crippen LogP contribution in [-0.2, 0) is 16.0 Å². The van der Waals surface area contributed by atoms with E-state index >= 15 is 0 Å². The molecule has 0 unspecified atom stereocenters. The molecule has 3 amide bonds. The largest absolute Gasteiger partial charge is 0.487 e. The summed E-state index contributed by atoms with van der Waals surface area (Å²) in [5, 5.41) is 19.0. The summed E-state index contributed by atoms with van der Waals surface area (Å²) < 4.78 is 12.2. The van der Waals surface area contributed by atoms with E-state index in [-0.39, 0.29) is 49.1 Å². The lowest BCUT2D eigenvalue weighted by atomic mass is 9.84. The maximum Gasteiger partial charge on any atom is 0.319 e. The Labute approximate surface area is 211 Å². The topological polar surface area (TPSA) is 109 Å². The van der Waals surface area contributed by atoms with Crippen LogP contribution in [0.15, 0.2) is 48.5 Å². The molecule has 2 heterocycles. The van der Waals surface area contributed by atoms with Gasteiger partial charge in [-0.25, -0.2) is 4.79 Å². The van der Waals surface area contributed by atoms with Crippen molar-refractivity contribution in [3.8, 4) is 5.75 Å². The normalized spacial score (nSPS) is 24.9. The predicted octanol–water partition coefficient (Wildman–Crippen LogP) is 3.49. The first-order valence-electron chi connectivity index (χ1n) is 13.0. The average molecular weight is 494 g/mol. The Balaban J connectivity index is 1.19. The van der Waals surface area contributed by atoms with Crippen LogP contribution >= 0.6 is 0 Å². The highest BCUT2D eigenvalue weighted by Crippen LogP contribution is 2.47. The summed E-state index contributed by atoms with van der Waals surface area (Å²) in [6, 6.07) is 15.7. The Morgan fingerprint density at radius 2 is 1.86 bits per heavy atom. The Morgan fingerprint density at radius 3 is 2.64 bits per heavy atom. The van der Waals surface area contributed by atoms with E-state index in [1.54, 1.807) is 0 Å². The van der Waals surface area contributed by atoms with Crippen molar-refractivity contribution in [1.29, 1.82) is 0 Å². The van der Waals surface area contributed by atoms with E-state index in [1.165, 1.54) is 5.56 Å².